The fourth-order valence-corrected chi connectivity index (χ4v) is 2.47. The Balaban J connectivity index is 1.75. The van der Waals surface area contributed by atoms with Gasteiger partial charge in [-0.05, 0) is 31.2 Å². The summed E-state index contributed by atoms with van der Waals surface area (Å²) in [4.78, 5) is 12.4. The standard InChI is InChI=1S/C19H19N3O3/c1-2-25-18-9-8-15(10-14(18)12-23)20-19(24)17-11-16(21-22-17)13-6-4-3-5-7-13/h3-11,23H,2,12H2,1H3,(H,20,24)(H,21,22). The van der Waals surface area contributed by atoms with Crippen molar-refractivity contribution in [3.8, 4) is 17.0 Å². The van der Waals surface area contributed by atoms with E-state index in [1.807, 2.05) is 37.3 Å². The average molecular weight is 337 g/mol. The van der Waals surface area contributed by atoms with E-state index >= 15 is 0 Å². The van der Waals surface area contributed by atoms with Crippen molar-refractivity contribution in [2.75, 3.05) is 11.9 Å². The molecule has 1 heterocycles. The van der Waals surface area contributed by atoms with Crippen LogP contribution in [0.4, 0.5) is 5.69 Å². The van der Waals surface area contributed by atoms with E-state index in [0.717, 1.165) is 5.56 Å². The van der Waals surface area contributed by atoms with Crippen LogP contribution in [0.3, 0.4) is 0 Å². The molecule has 25 heavy (non-hydrogen) atoms. The molecular formula is C19H19N3O3. The van der Waals surface area contributed by atoms with E-state index < -0.39 is 0 Å². The molecule has 3 aromatic rings. The Labute approximate surface area is 145 Å². The van der Waals surface area contributed by atoms with Crippen LogP contribution in [0.5, 0.6) is 5.75 Å². The lowest BCUT2D eigenvalue weighted by molar-refractivity contribution is 0.102. The number of carbonyl (C=O) groups excluding carboxylic acids is 1. The van der Waals surface area contributed by atoms with Gasteiger partial charge in [0.15, 0.2) is 0 Å². The first-order valence-corrected chi connectivity index (χ1v) is 8.00. The van der Waals surface area contributed by atoms with Gasteiger partial charge in [0.05, 0.1) is 18.9 Å². The summed E-state index contributed by atoms with van der Waals surface area (Å²) in [5, 5.41) is 19.2. The zero-order valence-electron chi connectivity index (χ0n) is 13.8. The molecule has 6 heteroatoms. The highest BCUT2D eigenvalue weighted by molar-refractivity contribution is 6.03. The molecule has 0 fully saturated rings. The van der Waals surface area contributed by atoms with Gasteiger partial charge in [-0.1, -0.05) is 30.3 Å². The highest BCUT2D eigenvalue weighted by atomic mass is 16.5. The number of carbonyl (C=O) groups is 1. The van der Waals surface area contributed by atoms with Gasteiger partial charge in [-0.15, -0.1) is 0 Å². The number of rotatable bonds is 6. The first kappa shape index (κ1) is 16.7. The van der Waals surface area contributed by atoms with Gasteiger partial charge in [0.2, 0.25) is 0 Å². The van der Waals surface area contributed by atoms with Gasteiger partial charge < -0.3 is 15.2 Å². The summed E-state index contributed by atoms with van der Waals surface area (Å²) in [7, 11) is 0. The summed E-state index contributed by atoms with van der Waals surface area (Å²) in [5.74, 6) is 0.304. The van der Waals surface area contributed by atoms with Crippen molar-refractivity contribution < 1.29 is 14.6 Å². The van der Waals surface area contributed by atoms with Gasteiger partial charge in [0.1, 0.15) is 11.4 Å². The average Bonchev–Trinajstić information content (AvgIpc) is 3.14. The van der Waals surface area contributed by atoms with Crippen molar-refractivity contribution in [1.29, 1.82) is 0 Å². The molecule has 1 amide bonds. The summed E-state index contributed by atoms with van der Waals surface area (Å²) in [5.41, 5.74) is 3.19. The van der Waals surface area contributed by atoms with E-state index in [9.17, 15) is 9.90 Å². The van der Waals surface area contributed by atoms with Crippen molar-refractivity contribution in [3.05, 3.63) is 65.9 Å². The minimum absolute atomic E-state index is 0.165. The molecule has 0 aliphatic rings. The molecule has 0 spiro atoms. The van der Waals surface area contributed by atoms with E-state index in [0.29, 0.717) is 35.0 Å². The molecule has 3 N–H and O–H groups in total. The Morgan fingerprint density at radius 3 is 2.72 bits per heavy atom. The van der Waals surface area contributed by atoms with E-state index in [-0.39, 0.29) is 12.5 Å². The maximum atomic E-state index is 12.4. The number of aromatic amines is 1. The molecular weight excluding hydrogens is 318 g/mol. The molecule has 0 radical (unpaired) electrons. The maximum absolute atomic E-state index is 12.4. The smallest absolute Gasteiger partial charge is 0.273 e. The molecule has 2 aromatic carbocycles. The fourth-order valence-electron chi connectivity index (χ4n) is 2.47. The van der Waals surface area contributed by atoms with Crippen molar-refractivity contribution in [1.82, 2.24) is 10.2 Å². The Bertz CT molecular complexity index is 859. The number of aliphatic hydroxyl groups excluding tert-OH is 1. The summed E-state index contributed by atoms with van der Waals surface area (Å²) in [6, 6.07) is 16.5. The zero-order valence-corrected chi connectivity index (χ0v) is 13.8. The van der Waals surface area contributed by atoms with E-state index in [2.05, 4.69) is 15.5 Å². The summed E-state index contributed by atoms with van der Waals surface area (Å²) in [6.07, 6.45) is 0. The van der Waals surface area contributed by atoms with Crippen LogP contribution >= 0.6 is 0 Å². The molecule has 6 nitrogen and oxygen atoms in total. The van der Waals surface area contributed by atoms with Crippen LogP contribution in [0, 0.1) is 0 Å². The second-order valence-corrected chi connectivity index (χ2v) is 5.40. The number of nitrogens with one attached hydrogen (secondary N) is 2. The molecule has 0 bridgehead atoms. The van der Waals surface area contributed by atoms with Crippen molar-refractivity contribution >= 4 is 11.6 Å². The number of hydrogen-bond donors (Lipinski definition) is 3. The molecule has 0 saturated carbocycles. The lowest BCUT2D eigenvalue weighted by Gasteiger charge is -2.11. The van der Waals surface area contributed by atoms with Crippen LogP contribution in [0.1, 0.15) is 23.0 Å². The van der Waals surface area contributed by atoms with Crippen LogP contribution in [0.2, 0.25) is 0 Å². The molecule has 0 atom stereocenters. The molecule has 0 aliphatic heterocycles. The fraction of sp³-hybridized carbons (Fsp3) is 0.158. The van der Waals surface area contributed by atoms with Crippen LogP contribution in [0.25, 0.3) is 11.3 Å². The normalized spacial score (nSPS) is 10.5. The van der Waals surface area contributed by atoms with Gasteiger partial charge in [0, 0.05) is 16.8 Å². The molecule has 0 saturated heterocycles. The monoisotopic (exact) mass is 337 g/mol. The van der Waals surface area contributed by atoms with Gasteiger partial charge in [-0.3, -0.25) is 9.89 Å². The first-order chi connectivity index (χ1) is 12.2. The van der Waals surface area contributed by atoms with Gasteiger partial charge in [-0.2, -0.15) is 5.10 Å². The minimum Gasteiger partial charge on any atom is -0.494 e. The van der Waals surface area contributed by atoms with E-state index in [4.69, 9.17) is 4.74 Å². The number of aliphatic hydroxyl groups is 1. The van der Waals surface area contributed by atoms with Gasteiger partial charge >= 0.3 is 0 Å². The largest absolute Gasteiger partial charge is 0.494 e. The molecule has 0 aliphatic carbocycles. The molecule has 1 aromatic heterocycles. The SMILES string of the molecule is CCOc1ccc(NC(=O)c2cc(-c3ccccc3)n[nH]2)cc1CO. The number of H-pyrrole nitrogens is 1. The number of aromatic nitrogens is 2. The van der Waals surface area contributed by atoms with Crippen LogP contribution < -0.4 is 10.1 Å². The third-order valence-electron chi connectivity index (χ3n) is 3.68. The predicted molar refractivity (Wildman–Crippen MR) is 95.5 cm³/mol. The third-order valence-corrected chi connectivity index (χ3v) is 3.68. The van der Waals surface area contributed by atoms with Gasteiger partial charge in [-0.25, -0.2) is 0 Å². The van der Waals surface area contributed by atoms with Crippen molar-refractivity contribution in [2.24, 2.45) is 0 Å². The minimum atomic E-state index is -0.303. The van der Waals surface area contributed by atoms with Crippen LogP contribution in [-0.4, -0.2) is 27.8 Å². The number of benzene rings is 2. The van der Waals surface area contributed by atoms with Crippen LogP contribution in [-0.2, 0) is 6.61 Å². The number of ether oxygens (including phenoxy) is 1. The van der Waals surface area contributed by atoms with Crippen molar-refractivity contribution in [3.63, 3.8) is 0 Å². The maximum Gasteiger partial charge on any atom is 0.273 e. The Morgan fingerprint density at radius 1 is 1.20 bits per heavy atom. The lowest BCUT2D eigenvalue weighted by atomic mass is 10.1. The second kappa shape index (κ2) is 7.63. The molecule has 3 rings (SSSR count). The quantitative estimate of drug-likeness (QED) is 0.644. The molecule has 128 valence electrons. The van der Waals surface area contributed by atoms with Gasteiger partial charge in [0.25, 0.3) is 5.91 Å². The zero-order chi connectivity index (χ0) is 17.6. The Hall–Kier alpha value is -3.12. The number of amides is 1. The molecule has 0 unspecified atom stereocenters. The summed E-state index contributed by atoms with van der Waals surface area (Å²) >= 11 is 0. The van der Waals surface area contributed by atoms with E-state index in [1.54, 1.807) is 24.3 Å². The summed E-state index contributed by atoms with van der Waals surface area (Å²) in [6.45, 7) is 2.22. The first-order valence-electron chi connectivity index (χ1n) is 8.00. The number of hydrogen-bond acceptors (Lipinski definition) is 4. The van der Waals surface area contributed by atoms with Crippen molar-refractivity contribution in [2.45, 2.75) is 13.5 Å². The number of nitrogens with zero attached hydrogens (tertiary/aromatic N) is 1. The third kappa shape index (κ3) is 3.87. The van der Waals surface area contributed by atoms with Crippen LogP contribution in [0.15, 0.2) is 54.6 Å². The Kier molecular flexibility index (Phi) is 5.11. The summed E-state index contributed by atoms with van der Waals surface area (Å²) < 4.78 is 5.44. The van der Waals surface area contributed by atoms with E-state index in [1.165, 1.54) is 0 Å². The highest BCUT2D eigenvalue weighted by Gasteiger charge is 2.12. The highest BCUT2D eigenvalue weighted by Crippen LogP contribution is 2.24. The second-order valence-electron chi connectivity index (χ2n) is 5.40. The topological polar surface area (TPSA) is 87.2 Å². The number of anilines is 1. The predicted octanol–water partition coefficient (Wildman–Crippen LogP) is 3.22. The lowest BCUT2D eigenvalue weighted by Crippen LogP contribution is -2.12. The Morgan fingerprint density at radius 2 is 2.00 bits per heavy atom.